The molecule has 2 aromatic rings. The molecule has 0 bridgehead atoms. The highest BCUT2D eigenvalue weighted by atomic mass is 16.5. The first kappa shape index (κ1) is 20.4. The number of aliphatic hydroxyl groups excluding tert-OH is 1. The number of benzene rings is 2. The van der Waals surface area contributed by atoms with Gasteiger partial charge in [-0.25, -0.2) is 0 Å². The Hall–Kier alpha value is -2.90. The van der Waals surface area contributed by atoms with Crippen LogP contribution in [0.5, 0.6) is 5.75 Å². The van der Waals surface area contributed by atoms with Crippen LogP contribution in [0.2, 0.25) is 0 Å². The summed E-state index contributed by atoms with van der Waals surface area (Å²) in [5, 5.41) is 12.8. The molecule has 144 valence electrons. The van der Waals surface area contributed by atoms with Crippen molar-refractivity contribution in [1.29, 1.82) is 0 Å². The van der Waals surface area contributed by atoms with Crippen LogP contribution in [0.25, 0.3) is 0 Å². The van der Waals surface area contributed by atoms with Crippen LogP contribution in [-0.2, 0) is 14.3 Å². The number of anilines is 1. The van der Waals surface area contributed by atoms with Gasteiger partial charge in [-0.15, -0.1) is 0 Å². The Bertz CT molecular complexity index is 734. The van der Waals surface area contributed by atoms with Gasteiger partial charge in [0.15, 0.2) is 0 Å². The van der Waals surface area contributed by atoms with Crippen molar-refractivity contribution in [3.05, 3.63) is 60.2 Å². The van der Waals surface area contributed by atoms with Crippen molar-refractivity contribution >= 4 is 17.6 Å². The topological polar surface area (TPSA) is 111 Å². The molecular formula is C20H24N2O5. The third kappa shape index (κ3) is 6.73. The predicted octanol–water partition coefficient (Wildman–Crippen LogP) is 2.02. The summed E-state index contributed by atoms with van der Waals surface area (Å²) in [4.78, 5) is 23.1. The van der Waals surface area contributed by atoms with E-state index in [-0.39, 0.29) is 25.4 Å². The Balaban J connectivity index is 1.77. The number of esters is 1. The van der Waals surface area contributed by atoms with Crippen LogP contribution in [0.1, 0.15) is 24.5 Å². The number of carbonyl (C=O) groups excluding carboxylic acids is 2. The molecule has 0 aliphatic carbocycles. The van der Waals surface area contributed by atoms with Gasteiger partial charge >= 0.3 is 5.97 Å². The number of rotatable bonds is 9. The van der Waals surface area contributed by atoms with Crippen molar-refractivity contribution in [2.75, 3.05) is 19.0 Å². The van der Waals surface area contributed by atoms with Crippen molar-refractivity contribution < 1.29 is 24.2 Å². The molecule has 2 rings (SSSR count). The Kier molecular flexibility index (Phi) is 7.79. The molecule has 27 heavy (non-hydrogen) atoms. The van der Waals surface area contributed by atoms with Crippen LogP contribution < -0.4 is 15.8 Å². The molecular weight excluding hydrogens is 348 g/mol. The minimum atomic E-state index is -0.812. The van der Waals surface area contributed by atoms with E-state index in [4.69, 9.17) is 10.5 Å². The van der Waals surface area contributed by atoms with Gasteiger partial charge in [0.05, 0.1) is 7.11 Å². The molecule has 0 aliphatic rings. The highest BCUT2D eigenvalue weighted by Gasteiger charge is 2.15. The molecule has 0 saturated carbocycles. The summed E-state index contributed by atoms with van der Waals surface area (Å²) >= 11 is 0. The van der Waals surface area contributed by atoms with Gasteiger partial charge in [-0.05, 0) is 36.2 Å². The zero-order valence-electron chi connectivity index (χ0n) is 15.1. The number of methoxy groups -OCH3 is 1. The van der Waals surface area contributed by atoms with Crippen molar-refractivity contribution in [1.82, 2.24) is 0 Å². The highest BCUT2D eigenvalue weighted by Crippen LogP contribution is 2.19. The number of ether oxygens (including phenoxy) is 2. The van der Waals surface area contributed by atoms with Crippen LogP contribution in [0.3, 0.4) is 0 Å². The van der Waals surface area contributed by atoms with Crippen LogP contribution in [0.15, 0.2) is 54.6 Å². The molecule has 2 atom stereocenters. The molecule has 7 nitrogen and oxygen atoms in total. The van der Waals surface area contributed by atoms with E-state index >= 15 is 0 Å². The Morgan fingerprint density at radius 2 is 1.78 bits per heavy atom. The van der Waals surface area contributed by atoms with E-state index in [1.807, 2.05) is 30.3 Å². The Morgan fingerprint density at radius 1 is 1.11 bits per heavy atom. The summed E-state index contributed by atoms with van der Waals surface area (Å²) in [6.45, 7) is 0.126. The summed E-state index contributed by atoms with van der Waals surface area (Å²) in [5.74, 6) is -0.208. The molecule has 0 radical (unpaired) electrons. The second-order valence-electron chi connectivity index (χ2n) is 5.98. The summed E-state index contributed by atoms with van der Waals surface area (Å²) in [7, 11) is 1.25. The molecule has 0 saturated heterocycles. The Labute approximate surface area is 158 Å². The number of nitrogens with one attached hydrogen (secondary N) is 1. The third-order valence-electron chi connectivity index (χ3n) is 3.92. The average molecular weight is 372 g/mol. The van der Waals surface area contributed by atoms with Gasteiger partial charge in [0.2, 0.25) is 5.91 Å². The molecule has 0 fully saturated rings. The van der Waals surface area contributed by atoms with Gasteiger partial charge in [0, 0.05) is 12.1 Å². The maximum atomic E-state index is 11.9. The molecule has 0 aromatic heterocycles. The maximum absolute atomic E-state index is 11.9. The van der Waals surface area contributed by atoms with E-state index in [0.717, 1.165) is 5.56 Å². The number of nitrogens with two attached hydrogens (primary N) is 1. The van der Waals surface area contributed by atoms with Crippen LogP contribution in [0, 0.1) is 0 Å². The standard InChI is InChI=1S/C20H24N2O5/c1-26-20(25)17(21)11-12-19(24)22-15-7-9-16(10-8-15)27-13-18(23)14-5-3-2-4-6-14/h2-10,17-18,23H,11-13,21H2,1H3,(H,22,24)/t17-,18?/m0/s1. The molecule has 0 heterocycles. The van der Waals surface area contributed by atoms with Crippen LogP contribution >= 0.6 is 0 Å². The number of hydrogen-bond donors (Lipinski definition) is 3. The lowest BCUT2D eigenvalue weighted by atomic mass is 10.1. The van der Waals surface area contributed by atoms with Crippen molar-refractivity contribution in [2.24, 2.45) is 5.73 Å². The minimum Gasteiger partial charge on any atom is -0.491 e. The molecule has 2 aromatic carbocycles. The number of hydrogen-bond acceptors (Lipinski definition) is 6. The summed E-state index contributed by atoms with van der Waals surface area (Å²) in [6, 6.07) is 15.2. The molecule has 1 unspecified atom stereocenters. The smallest absolute Gasteiger partial charge is 0.322 e. The number of amides is 1. The second kappa shape index (κ2) is 10.3. The van der Waals surface area contributed by atoms with Crippen LogP contribution in [0.4, 0.5) is 5.69 Å². The van der Waals surface area contributed by atoms with Gasteiger partial charge in [-0.3, -0.25) is 9.59 Å². The van der Waals surface area contributed by atoms with Crippen LogP contribution in [-0.4, -0.2) is 36.7 Å². The quantitative estimate of drug-likeness (QED) is 0.581. The van der Waals surface area contributed by atoms with Crippen molar-refractivity contribution in [3.63, 3.8) is 0 Å². The minimum absolute atomic E-state index is 0.109. The molecule has 0 spiro atoms. The third-order valence-corrected chi connectivity index (χ3v) is 3.92. The predicted molar refractivity (Wildman–Crippen MR) is 101 cm³/mol. The van der Waals surface area contributed by atoms with Crippen molar-refractivity contribution in [2.45, 2.75) is 25.0 Å². The van der Waals surface area contributed by atoms with E-state index in [9.17, 15) is 14.7 Å². The fraction of sp³-hybridized carbons (Fsp3) is 0.300. The zero-order valence-corrected chi connectivity index (χ0v) is 15.1. The summed E-state index contributed by atoms with van der Waals surface area (Å²) < 4.78 is 10.1. The Morgan fingerprint density at radius 3 is 2.41 bits per heavy atom. The van der Waals surface area contributed by atoms with Crippen molar-refractivity contribution in [3.8, 4) is 5.75 Å². The van der Waals surface area contributed by atoms with Gasteiger partial charge < -0.3 is 25.6 Å². The SMILES string of the molecule is COC(=O)[C@@H](N)CCC(=O)Nc1ccc(OCC(O)c2ccccc2)cc1. The lowest BCUT2D eigenvalue weighted by molar-refractivity contribution is -0.142. The molecule has 7 heteroatoms. The average Bonchev–Trinajstić information content (AvgIpc) is 2.71. The fourth-order valence-electron chi connectivity index (χ4n) is 2.36. The number of carbonyl (C=O) groups is 2. The highest BCUT2D eigenvalue weighted by molar-refractivity contribution is 5.91. The van der Waals surface area contributed by atoms with Gasteiger partial charge in [0.1, 0.15) is 24.5 Å². The first-order chi connectivity index (χ1) is 13.0. The van der Waals surface area contributed by atoms with E-state index < -0.39 is 18.1 Å². The van der Waals surface area contributed by atoms with E-state index in [2.05, 4.69) is 10.1 Å². The number of aliphatic hydroxyl groups is 1. The van der Waals surface area contributed by atoms with Gasteiger partial charge in [-0.1, -0.05) is 30.3 Å². The van der Waals surface area contributed by atoms with Gasteiger partial charge in [-0.2, -0.15) is 0 Å². The molecule has 1 amide bonds. The first-order valence-electron chi connectivity index (χ1n) is 8.58. The van der Waals surface area contributed by atoms with E-state index in [1.165, 1.54) is 7.11 Å². The molecule has 0 aliphatic heterocycles. The second-order valence-corrected chi connectivity index (χ2v) is 5.98. The van der Waals surface area contributed by atoms with E-state index in [0.29, 0.717) is 11.4 Å². The fourth-order valence-corrected chi connectivity index (χ4v) is 2.36. The summed E-state index contributed by atoms with van der Waals surface area (Å²) in [6.07, 6.45) is -0.404. The lowest BCUT2D eigenvalue weighted by Crippen LogP contribution is -2.32. The largest absolute Gasteiger partial charge is 0.491 e. The lowest BCUT2D eigenvalue weighted by Gasteiger charge is -2.13. The molecule has 4 N–H and O–H groups in total. The van der Waals surface area contributed by atoms with E-state index in [1.54, 1.807) is 24.3 Å². The first-order valence-corrected chi connectivity index (χ1v) is 8.58. The monoisotopic (exact) mass is 372 g/mol. The normalized spacial score (nSPS) is 12.7. The zero-order chi connectivity index (χ0) is 19.6. The maximum Gasteiger partial charge on any atom is 0.322 e. The van der Waals surface area contributed by atoms with Gasteiger partial charge in [0.25, 0.3) is 0 Å². The summed E-state index contributed by atoms with van der Waals surface area (Å²) in [5.41, 5.74) is 6.98.